The fourth-order valence-corrected chi connectivity index (χ4v) is 1.80. The topological polar surface area (TPSA) is 84.2 Å². The highest BCUT2D eigenvalue weighted by molar-refractivity contribution is 5.97. The summed E-state index contributed by atoms with van der Waals surface area (Å²) in [7, 11) is 0. The van der Waals surface area contributed by atoms with Gasteiger partial charge in [0.25, 0.3) is 5.91 Å². The average molecular weight is 233 g/mol. The van der Waals surface area contributed by atoms with E-state index in [2.05, 4.69) is 10.6 Å². The number of carbonyl (C=O) groups is 2. The highest BCUT2D eigenvalue weighted by atomic mass is 16.2. The van der Waals surface area contributed by atoms with Crippen molar-refractivity contribution in [2.45, 2.75) is 19.4 Å². The lowest BCUT2D eigenvalue weighted by molar-refractivity contribution is -0.119. The van der Waals surface area contributed by atoms with Gasteiger partial charge in [-0.05, 0) is 37.1 Å². The van der Waals surface area contributed by atoms with E-state index in [0.717, 1.165) is 24.2 Å². The number of hydrogen-bond donors (Lipinski definition) is 3. The zero-order chi connectivity index (χ0) is 12.4. The minimum Gasteiger partial charge on any atom is -0.384 e. The minimum atomic E-state index is -0.658. The summed E-state index contributed by atoms with van der Waals surface area (Å²) in [5.74, 6) is -0.813. The number of hydrogen-bond acceptors (Lipinski definition) is 3. The predicted octanol–water partition coefficient (Wildman–Crippen LogP) is 0.258. The molecule has 1 aromatic carbocycles. The van der Waals surface area contributed by atoms with Crippen LogP contribution in [0.1, 0.15) is 22.8 Å². The number of rotatable bonds is 3. The number of fused-ring (bicyclic) bond motifs is 1. The summed E-state index contributed by atoms with van der Waals surface area (Å²) in [5, 5.41) is 5.77. The van der Waals surface area contributed by atoms with Gasteiger partial charge in [-0.25, -0.2) is 0 Å². The van der Waals surface area contributed by atoms with Gasteiger partial charge in [0, 0.05) is 17.8 Å². The van der Waals surface area contributed by atoms with E-state index in [1.165, 1.54) is 0 Å². The maximum absolute atomic E-state index is 11.8. The Morgan fingerprint density at radius 1 is 1.47 bits per heavy atom. The van der Waals surface area contributed by atoms with Crippen LogP contribution in [0.25, 0.3) is 0 Å². The molecule has 1 atom stereocenters. The molecule has 1 aliphatic heterocycles. The Labute approximate surface area is 99.4 Å². The Morgan fingerprint density at radius 3 is 2.94 bits per heavy atom. The molecule has 1 aromatic rings. The number of primary amides is 1. The van der Waals surface area contributed by atoms with E-state index in [0.29, 0.717) is 5.56 Å². The van der Waals surface area contributed by atoms with Gasteiger partial charge >= 0.3 is 0 Å². The van der Waals surface area contributed by atoms with Crippen molar-refractivity contribution in [3.63, 3.8) is 0 Å². The molecule has 0 saturated carbocycles. The summed E-state index contributed by atoms with van der Waals surface area (Å²) in [4.78, 5) is 22.7. The number of nitrogens with one attached hydrogen (secondary N) is 2. The van der Waals surface area contributed by atoms with Crippen molar-refractivity contribution < 1.29 is 9.59 Å². The van der Waals surface area contributed by atoms with Crippen LogP contribution in [-0.4, -0.2) is 24.4 Å². The first-order valence-electron chi connectivity index (χ1n) is 5.55. The molecule has 1 unspecified atom stereocenters. The second-order valence-corrected chi connectivity index (χ2v) is 4.15. The van der Waals surface area contributed by atoms with Crippen LogP contribution in [0.4, 0.5) is 5.69 Å². The van der Waals surface area contributed by atoms with Crippen LogP contribution in [0.3, 0.4) is 0 Å². The molecule has 17 heavy (non-hydrogen) atoms. The van der Waals surface area contributed by atoms with Crippen molar-refractivity contribution in [1.82, 2.24) is 5.32 Å². The van der Waals surface area contributed by atoms with Gasteiger partial charge in [0.15, 0.2) is 0 Å². The van der Waals surface area contributed by atoms with Gasteiger partial charge in [-0.3, -0.25) is 9.59 Å². The number of benzene rings is 1. The van der Waals surface area contributed by atoms with Crippen LogP contribution in [0.5, 0.6) is 0 Å². The van der Waals surface area contributed by atoms with Gasteiger partial charge in [0.2, 0.25) is 5.91 Å². The van der Waals surface area contributed by atoms with Crippen LogP contribution < -0.4 is 16.4 Å². The molecular weight excluding hydrogens is 218 g/mol. The summed E-state index contributed by atoms with van der Waals surface area (Å²) in [6.45, 7) is 2.47. The lowest BCUT2D eigenvalue weighted by Gasteiger charge is -2.10. The van der Waals surface area contributed by atoms with E-state index >= 15 is 0 Å². The number of anilines is 1. The molecule has 4 N–H and O–H groups in total. The largest absolute Gasteiger partial charge is 0.384 e. The van der Waals surface area contributed by atoms with Crippen molar-refractivity contribution >= 4 is 17.5 Å². The molecule has 1 heterocycles. The Bertz CT molecular complexity index is 471. The second-order valence-electron chi connectivity index (χ2n) is 4.15. The Morgan fingerprint density at radius 2 is 2.24 bits per heavy atom. The van der Waals surface area contributed by atoms with Crippen LogP contribution in [0, 0.1) is 0 Å². The molecule has 0 fully saturated rings. The van der Waals surface area contributed by atoms with E-state index in [1.54, 1.807) is 13.0 Å². The molecule has 5 heteroatoms. The molecule has 0 aliphatic carbocycles. The van der Waals surface area contributed by atoms with Crippen molar-refractivity contribution in [3.8, 4) is 0 Å². The number of carbonyl (C=O) groups excluding carboxylic acids is 2. The van der Waals surface area contributed by atoms with Gasteiger partial charge in [-0.15, -0.1) is 0 Å². The van der Waals surface area contributed by atoms with Crippen LogP contribution in [-0.2, 0) is 11.2 Å². The quantitative estimate of drug-likeness (QED) is 0.700. The number of amides is 2. The molecule has 2 rings (SSSR count). The maximum atomic E-state index is 11.8. The zero-order valence-corrected chi connectivity index (χ0v) is 9.62. The van der Waals surface area contributed by atoms with E-state index in [1.807, 2.05) is 12.1 Å². The standard InChI is InChI=1S/C12H15N3O2/c1-7(11(13)16)15-12(17)9-2-3-10-8(6-9)4-5-14-10/h2-3,6-7,14H,4-5H2,1H3,(H2,13,16)(H,15,17). The molecule has 0 aromatic heterocycles. The van der Waals surface area contributed by atoms with Crippen molar-refractivity contribution in [3.05, 3.63) is 29.3 Å². The van der Waals surface area contributed by atoms with Crippen molar-refractivity contribution in [2.24, 2.45) is 5.73 Å². The van der Waals surface area contributed by atoms with Crippen molar-refractivity contribution in [1.29, 1.82) is 0 Å². The molecule has 5 nitrogen and oxygen atoms in total. The van der Waals surface area contributed by atoms with Crippen LogP contribution in [0.2, 0.25) is 0 Å². The first kappa shape index (κ1) is 11.4. The van der Waals surface area contributed by atoms with E-state index in [4.69, 9.17) is 5.73 Å². The third-order valence-corrected chi connectivity index (χ3v) is 2.85. The molecule has 0 saturated heterocycles. The third-order valence-electron chi connectivity index (χ3n) is 2.85. The normalized spacial score (nSPS) is 14.6. The summed E-state index contributed by atoms with van der Waals surface area (Å²) >= 11 is 0. The Balaban J connectivity index is 2.12. The van der Waals surface area contributed by atoms with Crippen molar-refractivity contribution in [2.75, 3.05) is 11.9 Å². The van der Waals surface area contributed by atoms with Gasteiger partial charge < -0.3 is 16.4 Å². The van der Waals surface area contributed by atoms with Gasteiger partial charge in [-0.1, -0.05) is 0 Å². The van der Waals surface area contributed by atoms with Gasteiger partial charge in [-0.2, -0.15) is 0 Å². The SMILES string of the molecule is CC(NC(=O)c1ccc2c(c1)CCN2)C(N)=O. The third kappa shape index (κ3) is 2.38. The van der Waals surface area contributed by atoms with E-state index < -0.39 is 11.9 Å². The Hall–Kier alpha value is -2.04. The molecular formula is C12H15N3O2. The lowest BCUT2D eigenvalue weighted by atomic mass is 10.1. The molecule has 0 radical (unpaired) electrons. The van der Waals surface area contributed by atoms with Crippen LogP contribution >= 0.6 is 0 Å². The highest BCUT2D eigenvalue weighted by Crippen LogP contribution is 2.22. The van der Waals surface area contributed by atoms with Crippen LogP contribution in [0.15, 0.2) is 18.2 Å². The summed E-state index contributed by atoms with van der Waals surface area (Å²) in [6.07, 6.45) is 0.918. The zero-order valence-electron chi connectivity index (χ0n) is 9.62. The summed E-state index contributed by atoms with van der Waals surface area (Å²) in [5.41, 5.74) is 7.85. The minimum absolute atomic E-state index is 0.272. The Kier molecular flexibility index (Phi) is 2.99. The van der Waals surface area contributed by atoms with Gasteiger partial charge in [0.05, 0.1) is 0 Å². The van der Waals surface area contributed by atoms with E-state index in [-0.39, 0.29) is 5.91 Å². The molecule has 0 spiro atoms. The average Bonchev–Trinajstić information content (AvgIpc) is 2.75. The first-order valence-corrected chi connectivity index (χ1v) is 5.55. The lowest BCUT2D eigenvalue weighted by Crippen LogP contribution is -2.42. The fraction of sp³-hybridized carbons (Fsp3) is 0.333. The summed E-state index contributed by atoms with van der Waals surface area (Å²) in [6, 6.07) is 4.80. The number of nitrogens with two attached hydrogens (primary N) is 1. The molecule has 1 aliphatic rings. The van der Waals surface area contributed by atoms with Gasteiger partial charge in [0.1, 0.15) is 6.04 Å². The smallest absolute Gasteiger partial charge is 0.251 e. The molecule has 0 bridgehead atoms. The monoisotopic (exact) mass is 233 g/mol. The second kappa shape index (κ2) is 4.45. The fourth-order valence-electron chi connectivity index (χ4n) is 1.80. The summed E-state index contributed by atoms with van der Waals surface area (Å²) < 4.78 is 0. The molecule has 2 amide bonds. The first-order chi connectivity index (χ1) is 8.08. The highest BCUT2D eigenvalue weighted by Gasteiger charge is 2.16. The predicted molar refractivity (Wildman–Crippen MR) is 64.8 cm³/mol. The van der Waals surface area contributed by atoms with E-state index in [9.17, 15) is 9.59 Å². The maximum Gasteiger partial charge on any atom is 0.251 e. The molecule has 90 valence electrons.